The predicted octanol–water partition coefficient (Wildman–Crippen LogP) is 3.39. The summed E-state index contributed by atoms with van der Waals surface area (Å²) in [6.45, 7) is 3.38. The van der Waals surface area contributed by atoms with E-state index in [0.717, 1.165) is 30.0 Å². The zero-order valence-electron chi connectivity index (χ0n) is 16.0. The Labute approximate surface area is 168 Å². The lowest BCUT2D eigenvalue weighted by atomic mass is 10.2. The summed E-state index contributed by atoms with van der Waals surface area (Å²) < 4.78 is 13.0. The number of hydrogen-bond acceptors (Lipinski definition) is 5. The van der Waals surface area contributed by atoms with Gasteiger partial charge in [0.1, 0.15) is 11.6 Å². The number of halogens is 1. The fourth-order valence-corrected chi connectivity index (χ4v) is 3.32. The molecule has 1 unspecified atom stereocenters. The molecule has 1 fully saturated rings. The van der Waals surface area contributed by atoms with Crippen LogP contribution < -0.4 is 15.5 Å². The van der Waals surface area contributed by atoms with Crippen molar-refractivity contribution in [3.63, 3.8) is 0 Å². The van der Waals surface area contributed by atoms with Gasteiger partial charge in [0.15, 0.2) is 5.82 Å². The van der Waals surface area contributed by atoms with Gasteiger partial charge in [0.05, 0.1) is 0 Å². The second kappa shape index (κ2) is 8.22. The van der Waals surface area contributed by atoms with Crippen molar-refractivity contribution in [3.05, 3.63) is 66.4 Å². The maximum Gasteiger partial charge on any atom is 0.319 e. The van der Waals surface area contributed by atoms with Crippen molar-refractivity contribution >= 4 is 17.5 Å². The molecule has 7 nitrogen and oxygen atoms in total. The Morgan fingerprint density at radius 3 is 2.66 bits per heavy atom. The molecular formula is C21H21FN6O. The Hall–Kier alpha value is -3.55. The van der Waals surface area contributed by atoms with Crippen molar-refractivity contribution in [3.8, 4) is 11.4 Å². The van der Waals surface area contributed by atoms with Crippen LogP contribution in [0.4, 0.5) is 20.7 Å². The van der Waals surface area contributed by atoms with Gasteiger partial charge >= 0.3 is 6.03 Å². The molecule has 0 spiro atoms. The number of aromatic nitrogens is 3. The van der Waals surface area contributed by atoms with E-state index in [-0.39, 0.29) is 17.9 Å². The van der Waals surface area contributed by atoms with E-state index in [4.69, 9.17) is 4.98 Å². The molecule has 0 bridgehead atoms. The molecule has 0 saturated carbocycles. The first-order chi connectivity index (χ1) is 14.1. The first-order valence-corrected chi connectivity index (χ1v) is 9.41. The number of nitrogens with one attached hydrogen (secondary N) is 2. The lowest BCUT2D eigenvalue weighted by molar-refractivity contribution is 0.249. The maximum absolute atomic E-state index is 13.0. The number of nitrogens with zero attached hydrogens (tertiary/aromatic N) is 4. The summed E-state index contributed by atoms with van der Waals surface area (Å²) in [7, 11) is 0. The number of urea groups is 1. The Balaban J connectivity index is 1.40. The minimum atomic E-state index is -0.339. The molecular weight excluding hydrogens is 371 g/mol. The Bertz CT molecular complexity index is 996. The van der Waals surface area contributed by atoms with E-state index in [1.807, 2.05) is 25.1 Å². The van der Waals surface area contributed by atoms with Crippen molar-refractivity contribution in [1.82, 2.24) is 20.3 Å². The number of hydrogen-bond donors (Lipinski definition) is 2. The van der Waals surface area contributed by atoms with Crippen molar-refractivity contribution in [2.24, 2.45) is 0 Å². The summed E-state index contributed by atoms with van der Waals surface area (Å²) in [5.74, 6) is 1.16. The lowest BCUT2D eigenvalue weighted by Crippen LogP contribution is -2.39. The number of carbonyl (C=O) groups excluding carboxylic acids is 1. The Morgan fingerprint density at radius 1 is 1.14 bits per heavy atom. The molecule has 3 aromatic rings. The first kappa shape index (κ1) is 18.8. The van der Waals surface area contributed by atoms with Gasteiger partial charge in [-0.1, -0.05) is 0 Å². The summed E-state index contributed by atoms with van der Waals surface area (Å²) in [6.07, 6.45) is 4.25. The summed E-state index contributed by atoms with van der Waals surface area (Å²) in [4.78, 5) is 27.6. The average Bonchev–Trinajstić information content (AvgIpc) is 3.18. The van der Waals surface area contributed by atoms with E-state index in [1.54, 1.807) is 12.4 Å². The summed E-state index contributed by atoms with van der Waals surface area (Å²) in [5, 5.41) is 5.69. The highest BCUT2D eigenvalue weighted by molar-refractivity contribution is 5.89. The van der Waals surface area contributed by atoms with Gasteiger partial charge in [0.2, 0.25) is 0 Å². The molecule has 3 heterocycles. The van der Waals surface area contributed by atoms with Crippen LogP contribution in [-0.2, 0) is 0 Å². The number of benzene rings is 1. The normalized spacial score (nSPS) is 15.9. The molecule has 8 heteroatoms. The van der Waals surface area contributed by atoms with Crippen LogP contribution in [0.2, 0.25) is 0 Å². The molecule has 0 aliphatic carbocycles. The van der Waals surface area contributed by atoms with Gasteiger partial charge in [-0.3, -0.25) is 4.98 Å². The third-order valence-corrected chi connectivity index (χ3v) is 4.73. The van der Waals surface area contributed by atoms with E-state index in [1.165, 1.54) is 24.3 Å². The van der Waals surface area contributed by atoms with Crippen molar-refractivity contribution in [2.45, 2.75) is 19.4 Å². The number of amides is 2. The number of carbonyl (C=O) groups is 1. The minimum absolute atomic E-state index is 0.00454. The summed E-state index contributed by atoms with van der Waals surface area (Å²) >= 11 is 0. The van der Waals surface area contributed by atoms with Crippen LogP contribution in [0, 0.1) is 12.7 Å². The summed E-state index contributed by atoms with van der Waals surface area (Å²) in [5.41, 5.74) is 2.34. The molecule has 4 rings (SSSR count). The number of pyridine rings is 1. The molecule has 1 aromatic carbocycles. The van der Waals surface area contributed by atoms with Crippen LogP contribution >= 0.6 is 0 Å². The molecule has 1 aliphatic rings. The topological polar surface area (TPSA) is 83.0 Å². The Kier molecular flexibility index (Phi) is 5.33. The van der Waals surface area contributed by atoms with E-state index in [9.17, 15) is 9.18 Å². The number of rotatable bonds is 4. The number of aryl methyl sites for hydroxylation is 1. The molecule has 1 aliphatic heterocycles. The predicted molar refractivity (Wildman–Crippen MR) is 109 cm³/mol. The van der Waals surface area contributed by atoms with Gasteiger partial charge in [-0.2, -0.15) is 0 Å². The first-order valence-electron chi connectivity index (χ1n) is 9.41. The smallest absolute Gasteiger partial charge is 0.319 e. The minimum Gasteiger partial charge on any atom is -0.354 e. The molecule has 1 saturated heterocycles. The maximum atomic E-state index is 13.0. The molecule has 0 radical (unpaired) electrons. The van der Waals surface area contributed by atoms with E-state index in [2.05, 4.69) is 25.5 Å². The number of anilines is 2. The van der Waals surface area contributed by atoms with Gasteiger partial charge < -0.3 is 15.5 Å². The third kappa shape index (κ3) is 4.66. The quantitative estimate of drug-likeness (QED) is 0.711. The van der Waals surface area contributed by atoms with Crippen LogP contribution in [-0.4, -0.2) is 40.1 Å². The molecule has 148 valence electrons. The van der Waals surface area contributed by atoms with E-state index >= 15 is 0 Å². The average molecular weight is 392 g/mol. The van der Waals surface area contributed by atoms with Crippen molar-refractivity contribution < 1.29 is 9.18 Å². The van der Waals surface area contributed by atoms with E-state index < -0.39 is 0 Å². The largest absolute Gasteiger partial charge is 0.354 e. The summed E-state index contributed by atoms with van der Waals surface area (Å²) in [6, 6.07) is 11.1. The lowest BCUT2D eigenvalue weighted by Gasteiger charge is -2.19. The fraction of sp³-hybridized carbons (Fsp3) is 0.238. The highest BCUT2D eigenvalue weighted by Crippen LogP contribution is 2.23. The molecule has 1 atom stereocenters. The second-order valence-electron chi connectivity index (χ2n) is 6.96. The van der Waals surface area contributed by atoms with Crippen LogP contribution in [0.25, 0.3) is 11.4 Å². The monoisotopic (exact) mass is 392 g/mol. The highest BCUT2D eigenvalue weighted by Gasteiger charge is 2.25. The SMILES string of the molecule is Cc1cc(N2CCC(NC(=O)Nc3ccc(F)cc3)C2)nc(-c2ccncc2)n1. The highest BCUT2D eigenvalue weighted by atomic mass is 19.1. The van der Waals surface area contributed by atoms with Gasteiger partial charge in [0, 0.05) is 54.5 Å². The zero-order chi connectivity index (χ0) is 20.2. The van der Waals surface area contributed by atoms with Crippen molar-refractivity contribution in [1.29, 1.82) is 0 Å². The van der Waals surface area contributed by atoms with Gasteiger partial charge in [-0.05, 0) is 49.7 Å². The molecule has 2 amide bonds. The van der Waals surface area contributed by atoms with E-state index in [0.29, 0.717) is 18.1 Å². The van der Waals surface area contributed by atoms with Gasteiger partial charge in [-0.15, -0.1) is 0 Å². The zero-order valence-corrected chi connectivity index (χ0v) is 16.0. The van der Waals surface area contributed by atoms with Crippen LogP contribution in [0.5, 0.6) is 0 Å². The molecule has 2 N–H and O–H groups in total. The van der Waals surface area contributed by atoms with Crippen LogP contribution in [0.15, 0.2) is 54.9 Å². The molecule has 2 aromatic heterocycles. The van der Waals surface area contributed by atoms with Gasteiger partial charge in [-0.25, -0.2) is 19.2 Å². The van der Waals surface area contributed by atoms with Gasteiger partial charge in [0.25, 0.3) is 0 Å². The van der Waals surface area contributed by atoms with Crippen molar-refractivity contribution in [2.75, 3.05) is 23.3 Å². The third-order valence-electron chi connectivity index (χ3n) is 4.73. The molecule has 29 heavy (non-hydrogen) atoms. The second-order valence-corrected chi connectivity index (χ2v) is 6.96. The Morgan fingerprint density at radius 2 is 1.90 bits per heavy atom. The van der Waals surface area contributed by atoms with Crippen LogP contribution in [0.3, 0.4) is 0 Å². The standard InChI is InChI=1S/C21H21FN6O/c1-14-12-19(27-20(24-14)15-6-9-23-10-7-15)28-11-8-18(13-28)26-21(29)25-17-4-2-16(22)3-5-17/h2-7,9-10,12,18H,8,11,13H2,1H3,(H2,25,26,29). The van der Waals surface area contributed by atoms with Crippen LogP contribution in [0.1, 0.15) is 12.1 Å². The fourth-order valence-electron chi connectivity index (χ4n) is 3.32.